The molecule has 2 heterocycles. The Balaban J connectivity index is 1.80. The van der Waals surface area contributed by atoms with Crippen LogP contribution in [0.15, 0.2) is 0 Å². The SMILES string of the molecule is COC1CN(c2nc3c(s2)CCCC3N)CC1OC. The smallest absolute Gasteiger partial charge is 0.186 e. The molecule has 106 valence electrons. The quantitative estimate of drug-likeness (QED) is 0.907. The molecule has 0 aromatic carbocycles. The van der Waals surface area contributed by atoms with Gasteiger partial charge < -0.3 is 20.1 Å². The van der Waals surface area contributed by atoms with Crippen molar-refractivity contribution in [3.63, 3.8) is 0 Å². The van der Waals surface area contributed by atoms with Crippen LogP contribution in [0.3, 0.4) is 0 Å². The largest absolute Gasteiger partial charge is 0.377 e. The summed E-state index contributed by atoms with van der Waals surface area (Å²) in [5, 5.41) is 1.07. The highest BCUT2D eigenvalue weighted by Crippen LogP contribution is 2.37. The molecule has 1 fully saturated rings. The molecule has 0 saturated carbocycles. The number of rotatable bonds is 3. The molecule has 3 unspecified atom stereocenters. The predicted molar refractivity (Wildman–Crippen MR) is 75.8 cm³/mol. The Labute approximate surface area is 117 Å². The molecule has 1 aliphatic heterocycles. The van der Waals surface area contributed by atoms with Gasteiger partial charge in [0, 0.05) is 38.2 Å². The minimum absolute atomic E-state index is 0.118. The number of anilines is 1. The van der Waals surface area contributed by atoms with E-state index in [1.165, 1.54) is 11.3 Å². The van der Waals surface area contributed by atoms with Gasteiger partial charge in [0.1, 0.15) is 12.2 Å². The summed E-state index contributed by atoms with van der Waals surface area (Å²) in [6.07, 6.45) is 3.60. The molecule has 0 bridgehead atoms. The minimum Gasteiger partial charge on any atom is -0.377 e. The zero-order valence-electron chi connectivity index (χ0n) is 11.5. The third-order valence-corrected chi connectivity index (χ3v) is 5.27. The average Bonchev–Trinajstić information content (AvgIpc) is 3.02. The molecule has 2 aliphatic rings. The number of hydrogen-bond donors (Lipinski definition) is 1. The van der Waals surface area contributed by atoms with Crippen LogP contribution in [0.4, 0.5) is 5.13 Å². The topological polar surface area (TPSA) is 60.6 Å². The summed E-state index contributed by atoms with van der Waals surface area (Å²) >= 11 is 1.79. The second-order valence-corrected chi connectivity index (χ2v) is 6.32. The van der Waals surface area contributed by atoms with Crippen LogP contribution in [-0.2, 0) is 15.9 Å². The van der Waals surface area contributed by atoms with Gasteiger partial charge in [0.15, 0.2) is 5.13 Å². The number of ether oxygens (including phenoxy) is 2. The van der Waals surface area contributed by atoms with Gasteiger partial charge in [0.2, 0.25) is 0 Å². The molecule has 3 atom stereocenters. The molecule has 0 amide bonds. The van der Waals surface area contributed by atoms with Crippen molar-refractivity contribution in [2.24, 2.45) is 5.73 Å². The van der Waals surface area contributed by atoms with E-state index in [1.54, 1.807) is 25.6 Å². The van der Waals surface area contributed by atoms with E-state index in [0.29, 0.717) is 0 Å². The van der Waals surface area contributed by atoms with Crippen LogP contribution >= 0.6 is 11.3 Å². The van der Waals surface area contributed by atoms with Gasteiger partial charge in [-0.3, -0.25) is 0 Å². The lowest BCUT2D eigenvalue weighted by atomic mass is 9.99. The van der Waals surface area contributed by atoms with Gasteiger partial charge in [0.05, 0.1) is 5.69 Å². The molecular weight excluding hydrogens is 262 g/mol. The number of aromatic nitrogens is 1. The molecule has 2 N–H and O–H groups in total. The van der Waals surface area contributed by atoms with E-state index in [9.17, 15) is 0 Å². The zero-order valence-corrected chi connectivity index (χ0v) is 12.3. The zero-order chi connectivity index (χ0) is 13.4. The molecule has 1 aromatic heterocycles. The Kier molecular flexibility index (Phi) is 3.75. The first kappa shape index (κ1) is 13.3. The molecular formula is C13H21N3O2S. The van der Waals surface area contributed by atoms with Gasteiger partial charge in [-0.2, -0.15) is 0 Å². The standard InChI is InChI=1S/C13H21N3O2S/c1-17-9-6-16(7-10(9)18-2)13-15-12-8(14)4-3-5-11(12)19-13/h8-10H,3-7,14H2,1-2H3. The van der Waals surface area contributed by atoms with Crippen molar-refractivity contribution in [1.82, 2.24) is 4.98 Å². The first-order valence-corrected chi connectivity index (χ1v) is 7.60. The summed E-state index contributed by atoms with van der Waals surface area (Å²) in [5.41, 5.74) is 7.25. The number of methoxy groups -OCH3 is 2. The van der Waals surface area contributed by atoms with Crippen LogP contribution in [-0.4, -0.2) is 44.5 Å². The van der Waals surface area contributed by atoms with Crippen molar-refractivity contribution in [2.75, 3.05) is 32.2 Å². The number of fused-ring (bicyclic) bond motifs is 1. The molecule has 1 aromatic rings. The number of hydrogen-bond acceptors (Lipinski definition) is 6. The fourth-order valence-corrected chi connectivity index (χ4v) is 4.12. The number of aryl methyl sites for hydroxylation is 1. The van der Waals surface area contributed by atoms with Gasteiger partial charge in [-0.25, -0.2) is 4.98 Å². The minimum atomic E-state index is 0.118. The highest BCUT2D eigenvalue weighted by atomic mass is 32.1. The van der Waals surface area contributed by atoms with Crippen molar-refractivity contribution in [2.45, 2.75) is 37.5 Å². The summed E-state index contributed by atoms with van der Waals surface area (Å²) < 4.78 is 11.0. The first-order chi connectivity index (χ1) is 9.22. The van der Waals surface area contributed by atoms with Gasteiger partial charge in [-0.1, -0.05) is 0 Å². The fraction of sp³-hybridized carbons (Fsp3) is 0.769. The molecule has 3 rings (SSSR count). The Morgan fingerprint density at radius 2 is 1.95 bits per heavy atom. The van der Waals surface area contributed by atoms with Crippen LogP contribution < -0.4 is 10.6 Å². The van der Waals surface area contributed by atoms with Crippen LogP contribution in [0.25, 0.3) is 0 Å². The van der Waals surface area contributed by atoms with Gasteiger partial charge in [-0.05, 0) is 19.3 Å². The molecule has 1 aliphatic carbocycles. The van der Waals surface area contributed by atoms with Crippen LogP contribution in [0.2, 0.25) is 0 Å². The first-order valence-electron chi connectivity index (χ1n) is 6.78. The Hall–Kier alpha value is -0.690. The molecule has 5 nitrogen and oxygen atoms in total. The van der Waals surface area contributed by atoms with Crippen molar-refractivity contribution < 1.29 is 9.47 Å². The Bertz CT molecular complexity index is 439. The second-order valence-electron chi connectivity index (χ2n) is 5.26. The monoisotopic (exact) mass is 283 g/mol. The number of nitrogens with two attached hydrogens (primary N) is 1. The third kappa shape index (κ3) is 2.38. The van der Waals surface area contributed by atoms with Crippen LogP contribution in [0.1, 0.15) is 29.5 Å². The van der Waals surface area contributed by atoms with E-state index in [1.807, 2.05) is 0 Å². The van der Waals surface area contributed by atoms with Crippen molar-refractivity contribution in [1.29, 1.82) is 0 Å². The highest BCUT2D eigenvalue weighted by molar-refractivity contribution is 7.15. The van der Waals surface area contributed by atoms with E-state index in [2.05, 4.69) is 4.90 Å². The molecule has 0 spiro atoms. The average molecular weight is 283 g/mol. The predicted octanol–water partition coefficient (Wildman–Crippen LogP) is 1.33. The Morgan fingerprint density at radius 1 is 1.26 bits per heavy atom. The maximum Gasteiger partial charge on any atom is 0.186 e. The van der Waals surface area contributed by atoms with E-state index in [0.717, 1.165) is 36.8 Å². The third-order valence-electron chi connectivity index (χ3n) is 4.08. The lowest BCUT2D eigenvalue weighted by Gasteiger charge is -2.16. The van der Waals surface area contributed by atoms with Gasteiger partial charge in [-0.15, -0.1) is 11.3 Å². The summed E-state index contributed by atoms with van der Waals surface area (Å²) in [4.78, 5) is 8.39. The second kappa shape index (κ2) is 5.36. The van der Waals surface area contributed by atoms with Gasteiger partial charge >= 0.3 is 0 Å². The maximum atomic E-state index is 6.14. The van der Waals surface area contributed by atoms with E-state index in [4.69, 9.17) is 20.2 Å². The number of thiazole rings is 1. The lowest BCUT2D eigenvalue weighted by Crippen LogP contribution is -2.27. The molecule has 6 heteroatoms. The summed E-state index contributed by atoms with van der Waals surface area (Å²) in [7, 11) is 3.48. The molecule has 0 radical (unpaired) electrons. The fourth-order valence-electron chi connectivity index (χ4n) is 2.93. The van der Waals surface area contributed by atoms with Gasteiger partial charge in [0.25, 0.3) is 0 Å². The normalized spacial score (nSPS) is 30.7. The van der Waals surface area contributed by atoms with E-state index >= 15 is 0 Å². The van der Waals surface area contributed by atoms with Crippen molar-refractivity contribution >= 4 is 16.5 Å². The summed E-state index contributed by atoms with van der Waals surface area (Å²) in [5.74, 6) is 0. The highest BCUT2D eigenvalue weighted by Gasteiger charge is 2.35. The summed E-state index contributed by atoms with van der Waals surface area (Å²) in [6, 6.07) is 0.118. The lowest BCUT2D eigenvalue weighted by molar-refractivity contribution is -0.00461. The number of nitrogens with zero attached hydrogens (tertiary/aromatic N) is 2. The maximum absolute atomic E-state index is 6.14. The molecule has 19 heavy (non-hydrogen) atoms. The van der Waals surface area contributed by atoms with Crippen molar-refractivity contribution in [3.05, 3.63) is 10.6 Å². The summed E-state index contributed by atoms with van der Waals surface area (Å²) in [6.45, 7) is 1.69. The van der Waals surface area contributed by atoms with E-state index in [-0.39, 0.29) is 18.2 Å². The Morgan fingerprint density at radius 3 is 2.53 bits per heavy atom. The van der Waals surface area contributed by atoms with Crippen LogP contribution in [0, 0.1) is 0 Å². The van der Waals surface area contributed by atoms with Crippen LogP contribution in [0.5, 0.6) is 0 Å². The van der Waals surface area contributed by atoms with Crippen molar-refractivity contribution in [3.8, 4) is 0 Å². The van der Waals surface area contributed by atoms with E-state index < -0.39 is 0 Å². The molecule has 1 saturated heterocycles.